The van der Waals surface area contributed by atoms with Gasteiger partial charge in [-0.05, 0) is 75.6 Å². The van der Waals surface area contributed by atoms with Crippen molar-refractivity contribution in [2.75, 3.05) is 26.3 Å². The number of guanidine groups is 1. The average molecular weight is 1180 g/mol. The molecule has 0 saturated heterocycles. The highest BCUT2D eigenvalue weighted by molar-refractivity contribution is 5.99. The van der Waals surface area contributed by atoms with Crippen molar-refractivity contribution in [2.45, 2.75) is 152 Å². The zero-order chi connectivity index (χ0) is 63.1. The Bertz CT molecular complexity index is 2450. The number of carboxylic acids is 1. The molecule has 0 aromatic heterocycles. The third-order valence-corrected chi connectivity index (χ3v) is 12.4. The molecule has 12 amide bonds. The van der Waals surface area contributed by atoms with Gasteiger partial charge in [-0.3, -0.25) is 62.5 Å². The summed E-state index contributed by atoms with van der Waals surface area (Å²) in [6, 6.07) is -10.9. The number of carboxylic acid groups (broad SMARTS) is 1. The van der Waals surface area contributed by atoms with Gasteiger partial charge in [0.2, 0.25) is 70.9 Å². The Kier molecular flexibility index (Phi) is 32.5. The first kappa shape index (κ1) is 72.3. The second-order valence-electron chi connectivity index (χ2n) is 19.3. The van der Waals surface area contributed by atoms with E-state index in [1.54, 1.807) is 6.92 Å². The number of amides is 12. The Labute approximate surface area is 477 Å². The maximum Gasteiger partial charge on any atom is 0.326 e. The molecule has 11 atom stereocenters. The van der Waals surface area contributed by atoms with Crippen LogP contribution in [0.1, 0.15) is 90.5 Å². The van der Waals surface area contributed by atoms with Crippen LogP contribution in [0.4, 0.5) is 0 Å². The number of phenols is 1. The van der Waals surface area contributed by atoms with Crippen LogP contribution in [-0.2, 0) is 68.7 Å². The van der Waals surface area contributed by atoms with Crippen LogP contribution in [0.25, 0.3) is 0 Å². The van der Waals surface area contributed by atoms with Crippen LogP contribution in [-0.4, -0.2) is 190 Å². The van der Waals surface area contributed by atoms with Crippen LogP contribution in [0, 0.1) is 5.92 Å². The van der Waals surface area contributed by atoms with Crippen molar-refractivity contribution in [1.29, 1.82) is 0 Å². The molecule has 0 fully saturated rings. The molecular weight excluding hydrogens is 1100 g/mol. The quantitative estimate of drug-likeness (QED) is 0.0165. The predicted molar refractivity (Wildman–Crippen MR) is 293 cm³/mol. The number of aliphatic hydroxyl groups is 2. The lowest BCUT2D eigenvalue weighted by Gasteiger charge is -2.27. The summed E-state index contributed by atoms with van der Waals surface area (Å²) in [5.41, 5.74) is 38.5. The van der Waals surface area contributed by atoms with Crippen molar-refractivity contribution in [2.24, 2.45) is 51.0 Å². The first-order valence-corrected chi connectivity index (χ1v) is 26.3. The molecule has 0 aliphatic rings. The Balaban J connectivity index is 3.53. The van der Waals surface area contributed by atoms with E-state index in [9.17, 15) is 82.8 Å². The van der Waals surface area contributed by atoms with Crippen molar-refractivity contribution < 1.29 is 82.8 Å². The van der Waals surface area contributed by atoms with Crippen LogP contribution in [0.5, 0.6) is 5.75 Å². The molecule has 1 rings (SSSR count). The largest absolute Gasteiger partial charge is 0.508 e. The van der Waals surface area contributed by atoms with Gasteiger partial charge in [0, 0.05) is 19.4 Å². The second kappa shape index (κ2) is 37.3. The highest BCUT2D eigenvalue weighted by atomic mass is 16.4. The van der Waals surface area contributed by atoms with Gasteiger partial charge >= 0.3 is 5.97 Å². The lowest BCUT2D eigenvalue weighted by Crippen LogP contribution is -2.61. The molecule has 83 heavy (non-hydrogen) atoms. The Hall–Kier alpha value is -8.76. The van der Waals surface area contributed by atoms with Crippen molar-refractivity contribution in [3.8, 4) is 5.75 Å². The summed E-state index contributed by atoms with van der Waals surface area (Å²) in [7, 11) is 0. The van der Waals surface area contributed by atoms with Gasteiger partial charge in [0.25, 0.3) is 0 Å². The monoisotopic (exact) mass is 1180 g/mol. The molecule has 0 aliphatic heterocycles. The third kappa shape index (κ3) is 27.5. The van der Waals surface area contributed by atoms with Crippen molar-refractivity contribution in [1.82, 2.24) is 47.9 Å². The summed E-state index contributed by atoms with van der Waals surface area (Å²) >= 11 is 0. The van der Waals surface area contributed by atoms with Gasteiger partial charge in [0.05, 0.1) is 32.1 Å². The van der Waals surface area contributed by atoms with Crippen molar-refractivity contribution >= 4 is 82.8 Å². The number of hydrogen-bond acceptors (Lipinski definition) is 19. The second-order valence-corrected chi connectivity index (χ2v) is 19.3. The fourth-order valence-electron chi connectivity index (χ4n) is 7.50. The van der Waals surface area contributed by atoms with E-state index in [-0.39, 0.29) is 69.7 Å². The first-order valence-electron chi connectivity index (χ1n) is 26.3. The van der Waals surface area contributed by atoms with Crippen LogP contribution in [0.2, 0.25) is 0 Å². The smallest absolute Gasteiger partial charge is 0.326 e. The maximum absolute atomic E-state index is 14.3. The topological polar surface area (TPSA) is 606 Å². The first-order chi connectivity index (χ1) is 39.0. The van der Waals surface area contributed by atoms with Crippen LogP contribution < -0.4 is 88.0 Å². The number of primary amides is 3. The summed E-state index contributed by atoms with van der Waals surface area (Å²) in [6.45, 7) is 2.25. The number of nitrogens with two attached hydrogens (primary N) is 7. The number of rotatable bonds is 40. The normalized spacial score (nSPS) is 14.9. The van der Waals surface area contributed by atoms with Gasteiger partial charge in [-0.25, -0.2) is 4.79 Å². The van der Waals surface area contributed by atoms with Gasteiger partial charge in [-0.1, -0.05) is 32.4 Å². The number of aliphatic imine (C=N–C) groups is 1. The molecule has 0 aliphatic carbocycles. The molecule has 0 spiro atoms. The lowest BCUT2D eigenvalue weighted by molar-refractivity contribution is -0.144. The van der Waals surface area contributed by atoms with E-state index < -0.39 is 169 Å². The Morgan fingerprint density at radius 1 is 0.518 bits per heavy atom. The Morgan fingerprint density at radius 3 is 1.41 bits per heavy atom. The standard InChI is InChI=1S/C49H81N17O17/c1-4-23(2)38(48(82)83)66-45(79)32(20-37(54)72)63-46(80)33(21-67)64-39(73)24(3)58-41(75)28(8-5-6-16-50)59-42(76)29(9-7-17-57-49(55)56)60-43(77)30(18-25-10-12-26(69)13-11-25)62-47(81)34(22-68)65-44(78)31(19-36(53)71)61-40(74)27(51)14-15-35(52)70/h10-13,23-24,27-34,38,67-69H,4-9,14-22,50-51H2,1-3H3,(H2,52,70)(H2,53,71)(H2,54,72)(H,58,75)(H,59,76)(H,60,77)(H,61,74)(H,62,81)(H,63,80)(H,64,73)(H,65,78)(H,66,79)(H,82,83)(H4,55,56,57)/t23-,24-,27-,28-,29-,30-,31-,32-,33-,34-,38-/m0/s1. The SMILES string of the molecule is CC[C@H](C)[C@H](NC(=O)[C@H](CC(N)=O)NC(=O)[C@H](CO)NC(=O)[C@H](C)NC(=O)[C@H](CCCCN)NC(=O)[C@H](CCCN=C(N)N)NC(=O)[C@H](Cc1ccc(O)cc1)NC(=O)[C@H](CO)NC(=O)[C@H](CC(N)=O)NC(=O)[C@@H](N)CCC(N)=O)C(=O)O. The molecule has 27 N–H and O–H groups in total. The fourth-order valence-corrected chi connectivity index (χ4v) is 7.50. The molecule has 34 nitrogen and oxygen atoms in total. The maximum atomic E-state index is 14.3. The van der Waals surface area contributed by atoms with E-state index >= 15 is 0 Å². The molecule has 0 bridgehead atoms. The number of benzene rings is 1. The van der Waals surface area contributed by atoms with Crippen molar-refractivity contribution in [3.05, 3.63) is 29.8 Å². The Morgan fingerprint density at radius 2 is 0.940 bits per heavy atom. The summed E-state index contributed by atoms with van der Waals surface area (Å²) < 4.78 is 0. The third-order valence-electron chi connectivity index (χ3n) is 12.4. The highest BCUT2D eigenvalue weighted by Crippen LogP contribution is 2.14. The van der Waals surface area contributed by atoms with Gasteiger partial charge in [0.15, 0.2) is 5.96 Å². The minimum absolute atomic E-state index is 0.0125. The number of carbonyl (C=O) groups excluding carboxylic acids is 12. The zero-order valence-corrected chi connectivity index (χ0v) is 46.4. The lowest BCUT2D eigenvalue weighted by atomic mass is 9.98. The minimum atomic E-state index is -1.88. The summed E-state index contributed by atoms with van der Waals surface area (Å²) in [5.74, 6) is -15.3. The van der Waals surface area contributed by atoms with Crippen molar-refractivity contribution in [3.63, 3.8) is 0 Å². The van der Waals surface area contributed by atoms with Gasteiger partial charge in [-0.2, -0.15) is 0 Å². The average Bonchev–Trinajstić information content (AvgIpc) is 3.42. The number of aromatic hydroxyl groups is 1. The van der Waals surface area contributed by atoms with Crippen LogP contribution in [0.3, 0.4) is 0 Å². The molecule has 464 valence electrons. The van der Waals surface area contributed by atoms with Gasteiger partial charge < -0.3 is 108 Å². The summed E-state index contributed by atoms with van der Waals surface area (Å²) in [4.78, 5) is 173. The summed E-state index contributed by atoms with van der Waals surface area (Å²) in [6.07, 6.45) is -1.99. The molecule has 34 heteroatoms. The van der Waals surface area contributed by atoms with Crippen LogP contribution >= 0.6 is 0 Å². The number of carbonyl (C=O) groups is 13. The van der Waals surface area contributed by atoms with E-state index in [1.807, 2.05) is 0 Å². The van der Waals surface area contributed by atoms with E-state index in [0.29, 0.717) is 18.4 Å². The number of aliphatic hydroxyl groups excluding tert-OH is 2. The highest BCUT2D eigenvalue weighted by Gasteiger charge is 2.36. The summed E-state index contributed by atoms with van der Waals surface area (Å²) in [5, 5.41) is 60.7. The molecular formula is C49H81N17O17. The van der Waals surface area contributed by atoms with Gasteiger partial charge in [-0.15, -0.1) is 0 Å². The van der Waals surface area contributed by atoms with E-state index in [1.165, 1.54) is 38.1 Å². The molecule has 0 unspecified atom stereocenters. The number of hydrogen-bond donors (Lipinski definition) is 20. The van der Waals surface area contributed by atoms with Gasteiger partial charge in [0.1, 0.15) is 60.1 Å². The number of phenolic OH excluding ortho intramolecular Hbond substituents is 1. The molecule has 1 aromatic rings. The molecule has 0 heterocycles. The number of unbranched alkanes of at least 4 members (excludes halogenated alkanes) is 1. The number of aliphatic carboxylic acids is 1. The minimum Gasteiger partial charge on any atom is -0.508 e. The fraction of sp³-hybridized carbons (Fsp3) is 0.592. The molecule has 1 aromatic carbocycles. The predicted octanol–water partition coefficient (Wildman–Crippen LogP) is -9.04. The number of nitrogens with zero attached hydrogens (tertiary/aromatic N) is 1. The molecule has 0 radical (unpaired) electrons. The number of nitrogens with one attached hydrogen (secondary N) is 9. The van der Waals surface area contributed by atoms with Crippen LogP contribution in [0.15, 0.2) is 29.3 Å². The van der Waals surface area contributed by atoms with E-state index in [4.69, 9.17) is 40.1 Å². The van der Waals surface area contributed by atoms with E-state index in [0.717, 1.165) is 0 Å². The molecule has 0 saturated carbocycles. The zero-order valence-electron chi connectivity index (χ0n) is 46.4. The van der Waals surface area contributed by atoms with E-state index in [2.05, 4.69) is 52.8 Å².